The van der Waals surface area contributed by atoms with E-state index in [4.69, 9.17) is 33.7 Å². The van der Waals surface area contributed by atoms with Gasteiger partial charge in [0.1, 0.15) is 12.4 Å². The van der Waals surface area contributed by atoms with Gasteiger partial charge in [0.2, 0.25) is 0 Å². The maximum Gasteiger partial charge on any atom is 0.127 e. The molecule has 0 unspecified atom stereocenters. The highest BCUT2D eigenvalue weighted by Gasteiger charge is 2.06. The van der Waals surface area contributed by atoms with Crippen LogP contribution >= 0.6 is 23.2 Å². The third-order valence-corrected chi connectivity index (χ3v) is 3.62. The second-order valence-corrected chi connectivity index (χ2v) is 5.12. The average Bonchev–Trinajstić information content (AvgIpc) is 2.41. The Morgan fingerprint density at radius 3 is 2.58 bits per heavy atom. The second-order valence-electron chi connectivity index (χ2n) is 4.30. The fraction of sp³-hybridized carbons (Fsp3) is 0.200. The van der Waals surface area contributed by atoms with E-state index in [1.54, 1.807) is 6.07 Å². The van der Waals surface area contributed by atoms with E-state index in [0.717, 1.165) is 22.4 Å². The van der Waals surface area contributed by atoms with Crippen LogP contribution in [0.2, 0.25) is 10.0 Å². The monoisotopic (exact) mass is 295 g/mol. The second kappa shape index (κ2) is 6.29. The summed E-state index contributed by atoms with van der Waals surface area (Å²) >= 11 is 11.9. The summed E-state index contributed by atoms with van der Waals surface area (Å²) in [7, 11) is 0. The van der Waals surface area contributed by atoms with Gasteiger partial charge in [0.25, 0.3) is 0 Å². The molecular formula is C15H15Cl2NO. The molecule has 0 radical (unpaired) electrons. The number of benzene rings is 2. The van der Waals surface area contributed by atoms with Gasteiger partial charge in [0, 0.05) is 12.1 Å². The first-order chi connectivity index (χ1) is 9.11. The van der Waals surface area contributed by atoms with Gasteiger partial charge in [0.15, 0.2) is 0 Å². The number of nitrogens with two attached hydrogens (primary N) is 1. The molecule has 0 spiro atoms. The summed E-state index contributed by atoms with van der Waals surface area (Å²) < 4.78 is 5.86. The molecule has 0 saturated carbocycles. The van der Waals surface area contributed by atoms with Gasteiger partial charge in [-0.3, -0.25) is 0 Å². The first-order valence-corrected chi connectivity index (χ1v) is 6.72. The number of hydrogen-bond donors (Lipinski definition) is 1. The molecule has 2 nitrogen and oxygen atoms in total. The fourth-order valence-corrected chi connectivity index (χ4v) is 2.19. The summed E-state index contributed by atoms with van der Waals surface area (Å²) in [4.78, 5) is 0. The van der Waals surface area contributed by atoms with E-state index in [2.05, 4.69) is 0 Å². The Bertz CT molecular complexity index is 584. The zero-order chi connectivity index (χ0) is 13.8. The van der Waals surface area contributed by atoms with Gasteiger partial charge in [-0.2, -0.15) is 0 Å². The van der Waals surface area contributed by atoms with Crippen molar-refractivity contribution in [2.45, 2.75) is 20.1 Å². The van der Waals surface area contributed by atoms with Crippen molar-refractivity contribution in [3.63, 3.8) is 0 Å². The highest BCUT2D eigenvalue weighted by molar-refractivity contribution is 6.42. The SMILES string of the molecule is Cc1cccc(CN)c1OCc1ccc(Cl)c(Cl)c1. The van der Waals surface area contributed by atoms with E-state index in [1.165, 1.54) is 0 Å². The molecule has 0 aliphatic rings. The van der Waals surface area contributed by atoms with Gasteiger partial charge in [-0.15, -0.1) is 0 Å². The quantitative estimate of drug-likeness (QED) is 0.911. The average molecular weight is 296 g/mol. The maximum absolute atomic E-state index is 5.98. The molecule has 0 atom stereocenters. The number of para-hydroxylation sites is 1. The van der Waals surface area contributed by atoms with Crippen LogP contribution in [0.5, 0.6) is 5.75 Å². The third-order valence-electron chi connectivity index (χ3n) is 2.88. The Morgan fingerprint density at radius 1 is 1.11 bits per heavy atom. The smallest absolute Gasteiger partial charge is 0.127 e. The molecule has 2 aromatic rings. The van der Waals surface area contributed by atoms with Crippen LogP contribution in [0.4, 0.5) is 0 Å². The Morgan fingerprint density at radius 2 is 1.89 bits per heavy atom. The van der Waals surface area contributed by atoms with Crippen molar-refractivity contribution >= 4 is 23.2 Å². The van der Waals surface area contributed by atoms with Crippen LogP contribution in [0.25, 0.3) is 0 Å². The minimum atomic E-state index is 0.439. The molecule has 0 saturated heterocycles. The first-order valence-electron chi connectivity index (χ1n) is 5.97. The molecule has 100 valence electrons. The molecule has 0 heterocycles. The van der Waals surface area contributed by atoms with Crippen LogP contribution in [0.15, 0.2) is 36.4 Å². The van der Waals surface area contributed by atoms with E-state index >= 15 is 0 Å². The zero-order valence-electron chi connectivity index (χ0n) is 10.6. The van der Waals surface area contributed by atoms with Crippen LogP contribution in [-0.4, -0.2) is 0 Å². The highest BCUT2D eigenvalue weighted by atomic mass is 35.5. The van der Waals surface area contributed by atoms with E-state index in [1.807, 2.05) is 37.3 Å². The molecular weight excluding hydrogens is 281 g/mol. The molecule has 0 fully saturated rings. The number of hydrogen-bond acceptors (Lipinski definition) is 2. The van der Waals surface area contributed by atoms with Crippen molar-refractivity contribution in [1.29, 1.82) is 0 Å². The molecule has 4 heteroatoms. The largest absolute Gasteiger partial charge is 0.488 e. The lowest BCUT2D eigenvalue weighted by Gasteiger charge is -2.13. The summed E-state index contributed by atoms with van der Waals surface area (Å²) in [5.74, 6) is 0.844. The highest BCUT2D eigenvalue weighted by Crippen LogP contribution is 2.26. The molecule has 2 aromatic carbocycles. The van der Waals surface area contributed by atoms with Gasteiger partial charge < -0.3 is 10.5 Å². The van der Waals surface area contributed by atoms with Crippen LogP contribution in [0.1, 0.15) is 16.7 Å². The van der Waals surface area contributed by atoms with Gasteiger partial charge >= 0.3 is 0 Å². The van der Waals surface area contributed by atoms with Crippen molar-refractivity contribution in [2.24, 2.45) is 5.73 Å². The fourth-order valence-electron chi connectivity index (χ4n) is 1.87. The van der Waals surface area contributed by atoms with Crippen LogP contribution in [0, 0.1) is 6.92 Å². The van der Waals surface area contributed by atoms with Gasteiger partial charge in [-0.1, -0.05) is 47.5 Å². The van der Waals surface area contributed by atoms with Crippen molar-refractivity contribution in [2.75, 3.05) is 0 Å². The summed E-state index contributed by atoms with van der Waals surface area (Å²) in [5.41, 5.74) is 8.76. The van der Waals surface area contributed by atoms with Crippen LogP contribution < -0.4 is 10.5 Å². The Kier molecular flexibility index (Phi) is 4.70. The lowest BCUT2D eigenvalue weighted by molar-refractivity contribution is 0.301. The van der Waals surface area contributed by atoms with E-state index < -0.39 is 0 Å². The standard InChI is InChI=1S/C15H15Cl2NO/c1-10-3-2-4-12(8-18)15(10)19-9-11-5-6-13(16)14(17)7-11/h2-7H,8-9,18H2,1H3. The Hall–Kier alpha value is -1.22. The van der Waals surface area contributed by atoms with Crippen molar-refractivity contribution < 1.29 is 4.74 Å². The van der Waals surface area contributed by atoms with Crippen molar-refractivity contribution in [1.82, 2.24) is 0 Å². The molecule has 19 heavy (non-hydrogen) atoms. The topological polar surface area (TPSA) is 35.2 Å². The molecule has 2 N–H and O–H groups in total. The van der Waals surface area contributed by atoms with Gasteiger partial charge in [-0.25, -0.2) is 0 Å². The summed E-state index contributed by atoms with van der Waals surface area (Å²) in [6, 6.07) is 11.4. The summed E-state index contributed by atoms with van der Waals surface area (Å²) in [6.07, 6.45) is 0. The molecule has 0 aliphatic carbocycles. The predicted octanol–water partition coefficient (Wildman–Crippen LogP) is 4.34. The van der Waals surface area contributed by atoms with E-state index in [-0.39, 0.29) is 0 Å². The van der Waals surface area contributed by atoms with Gasteiger partial charge in [0.05, 0.1) is 10.0 Å². The molecule has 0 bridgehead atoms. The molecule has 0 aromatic heterocycles. The third kappa shape index (κ3) is 3.41. The maximum atomic E-state index is 5.98. The number of rotatable bonds is 4. The molecule has 0 aliphatic heterocycles. The number of ether oxygens (including phenoxy) is 1. The van der Waals surface area contributed by atoms with Crippen molar-refractivity contribution in [3.05, 3.63) is 63.1 Å². The normalized spacial score (nSPS) is 10.5. The number of halogens is 2. The Balaban J connectivity index is 2.16. The van der Waals surface area contributed by atoms with E-state index in [9.17, 15) is 0 Å². The summed E-state index contributed by atoms with van der Waals surface area (Å²) in [5, 5.41) is 1.08. The number of aryl methyl sites for hydroxylation is 1. The zero-order valence-corrected chi connectivity index (χ0v) is 12.1. The molecule has 2 rings (SSSR count). The lowest BCUT2D eigenvalue weighted by Crippen LogP contribution is -2.04. The van der Waals surface area contributed by atoms with E-state index in [0.29, 0.717) is 23.2 Å². The first kappa shape index (κ1) is 14.2. The molecule has 0 amide bonds. The minimum absolute atomic E-state index is 0.439. The van der Waals surface area contributed by atoms with Gasteiger partial charge in [-0.05, 0) is 30.2 Å². The predicted molar refractivity (Wildman–Crippen MR) is 79.9 cm³/mol. The van der Waals surface area contributed by atoms with Crippen molar-refractivity contribution in [3.8, 4) is 5.75 Å². The van der Waals surface area contributed by atoms with Crippen LogP contribution in [0.3, 0.4) is 0 Å². The van der Waals surface area contributed by atoms with Crippen LogP contribution in [-0.2, 0) is 13.2 Å². The lowest BCUT2D eigenvalue weighted by atomic mass is 10.1. The summed E-state index contributed by atoms with van der Waals surface area (Å²) in [6.45, 7) is 2.90. The Labute approximate surface area is 123 Å². The minimum Gasteiger partial charge on any atom is -0.488 e.